The first-order valence-electron chi connectivity index (χ1n) is 7.45. The normalized spacial score (nSPS) is 23.2. The van der Waals surface area contributed by atoms with Gasteiger partial charge in [-0.15, -0.1) is 0 Å². The lowest BCUT2D eigenvalue weighted by Crippen LogP contribution is -2.38. The van der Waals surface area contributed by atoms with Crippen LogP contribution in [0, 0.1) is 6.92 Å². The molecule has 2 nitrogen and oxygen atoms in total. The Morgan fingerprint density at radius 1 is 1.32 bits per heavy atom. The summed E-state index contributed by atoms with van der Waals surface area (Å²) in [5, 5.41) is 3.63. The number of hydrogen-bond donors (Lipinski definition) is 1. The highest BCUT2D eigenvalue weighted by atomic mass is 79.9. The van der Waals surface area contributed by atoms with E-state index in [4.69, 9.17) is 0 Å². The van der Waals surface area contributed by atoms with E-state index in [1.807, 2.05) is 0 Å². The van der Waals surface area contributed by atoms with E-state index in [-0.39, 0.29) is 0 Å². The molecule has 104 valence electrons. The van der Waals surface area contributed by atoms with E-state index in [1.165, 1.54) is 54.4 Å². The Hall–Kier alpha value is -0.380. The zero-order chi connectivity index (χ0) is 13.2. The van der Waals surface area contributed by atoms with Gasteiger partial charge in [-0.05, 0) is 56.3 Å². The summed E-state index contributed by atoms with van der Waals surface area (Å²) in [6.07, 6.45) is 5.47. The van der Waals surface area contributed by atoms with E-state index in [2.05, 4.69) is 51.3 Å². The standard InChI is InChI=1S/C16H23BrN2/c1-12-4-5-13(9-16(12)17)10-19(15-6-7-15)11-14-3-2-8-18-14/h4-5,9,14-15,18H,2-3,6-8,10-11H2,1H3. The van der Waals surface area contributed by atoms with Crippen molar-refractivity contribution in [2.45, 2.75) is 51.2 Å². The van der Waals surface area contributed by atoms with Gasteiger partial charge in [0.25, 0.3) is 0 Å². The quantitative estimate of drug-likeness (QED) is 0.892. The maximum absolute atomic E-state index is 3.65. The van der Waals surface area contributed by atoms with Gasteiger partial charge in [-0.1, -0.05) is 28.1 Å². The molecule has 1 saturated heterocycles. The van der Waals surface area contributed by atoms with Crippen molar-refractivity contribution in [3.05, 3.63) is 33.8 Å². The molecule has 19 heavy (non-hydrogen) atoms. The predicted octanol–water partition coefficient (Wildman–Crippen LogP) is 3.47. The Morgan fingerprint density at radius 3 is 2.79 bits per heavy atom. The van der Waals surface area contributed by atoms with Crippen LogP contribution in [0.25, 0.3) is 0 Å². The summed E-state index contributed by atoms with van der Waals surface area (Å²) in [6.45, 7) is 5.67. The van der Waals surface area contributed by atoms with Gasteiger partial charge in [0.05, 0.1) is 0 Å². The second-order valence-corrected chi connectivity index (χ2v) is 6.89. The zero-order valence-electron chi connectivity index (χ0n) is 11.7. The van der Waals surface area contributed by atoms with E-state index in [0.717, 1.165) is 18.6 Å². The highest BCUT2D eigenvalue weighted by molar-refractivity contribution is 9.10. The van der Waals surface area contributed by atoms with Crippen molar-refractivity contribution in [3.63, 3.8) is 0 Å². The van der Waals surface area contributed by atoms with Crippen molar-refractivity contribution < 1.29 is 0 Å². The molecule has 0 spiro atoms. The number of halogens is 1. The van der Waals surface area contributed by atoms with Gasteiger partial charge in [0.15, 0.2) is 0 Å². The summed E-state index contributed by atoms with van der Waals surface area (Å²) in [7, 11) is 0. The highest BCUT2D eigenvalue weighted by Crippen LogP contribution is 2.30. The lowest BCUT2D eigenvalue weighted by atomic mass is 10.1. The minimum atomic E-state index is 0.717. The number of nitrogens with zero attached hydrogens (tertiary/aromatic N) is 1. The molecule has 1 saturated carbocycles. The number of benzene rings is 1. The van der Waals surface area contributed by atoms with Crippen molar-refractivity contribution in [2.75, 3.05) is 13.1 Å². The van der Waals surface area contributed by atoms with Gasteiger partial charge in [0.1, 0.15) is 0 Å². The van der Waals surface area contributed by atoms with Crippen LogP contribution in [0.2, 0.25) is 0 Å². The van der Waals surface area contributed by atoms with Gasteiger partial charge in [-0.2, -0.15) is 0 Å². The number of aryl methyl sites for hydroxylation is 1. The van der Waals surface area contributed by atoms with Crippen molar-refractivity contribution >= 4 is 15.9 Å². The Kier molecular flexibility index (Phi) is 4.25. The molecule has 1 unspecified atom stereocenters. The molecule has 1 aliphatic heterocycles. The van der Waals surface area contributed by atoms with E-state index < -0.39 is 0 Å². The number of hydrogen-bond acceptors (Lipinski definition) is 2. The molecule has 1 atom stereocenters. The third kappa shape index (κ3) is 3.59. The topological polar surface area (TPSA) is 15.3 Å². The molecule has 3 rings (SSSR count). The summed E-state index contributed by atoms with van der Waals surface area (Å²) in [4.78, 5) is 2.68. The van der Waals surface area contributed by atoms with Crippen molar-refractivity contribution in [3.8, 4) is 0 Å². The Balaban J connectivity index is 1.64. The third-order valence-corrected chi connectivity index (χ3v) is 5.16. The fourth-order valence-electron chi connectivity index (χ4n) is 2.95. The molecule has 1 heterocycles. The van der Waals surface area contributed by atoms with Crippen LogP contribution in [0.4, 0.5) is 0 Å². The summed E-state index contributed by atoms with van der Waals surface area (Å²) in [5.41, 5.74) is 2.75. The smallest absolute Gasteiger partial charge is 0.0237 e. The minimum absolute atomic E-state index is 0.717. The molecule has 2 aliphatic rings. The third-order valence-electron chi connectivity index (χ3n) is 4.30. The first-order chi connectivity index (χ1) is 9.22. The molecule has 2 fully saturated rings. The molecular formula is C16H23BrN2. The Morgan fingerprint density at radius 2 is 2.16 bits per heavy atom. The van der Waals surface area contributed by atoms with Gasteiger partial charge in [-0.3, -0.25) is 4.90 Å². The van der Waals surface area contributed by atoms with Crippen molar-refractivity contribution in [1.82, 2.24) is 10.2 Å². The average Bonchev–Trinajstić information content (AvgIpc) is 3.12. The zero-order valence-corrected chi connectivity index (χ0v) is 13.2. The monoisotopic (exact) mass is 322 g/mol. The van der Waals surface area contributed by atoms with Crippen LogP contribution < -0.4 is 5.32 Å². The van der Waals surface area contributed by atoms with Crippen LogP contribution in [0.5, 0.6) is 0 Å². The first kappa shape index (κ1) is 13.6. The van der Waals surface area contributed by atoms with Crippen LogP contribution in [0.15, 0.2) is 22.7 Å². The van der Waals surface area contributed by atoms with Gasteiger partial charge >= 0.3 is 0 Å². The van der Waals surface area contributed by atoms with Crippen molar-refractivity contribution in [1.29, 1.82) is 0 Å². The largest absolute Gasteiger partial charge is 0.313 e. The maximum Gasteiger partial charge on any atom is 0.0237 e. The Labute approximate surface area is 124 Å². The molecule has 0 amide bonds. The summed E-state index contributed by atoms with van der Waals surface area (Å²) in [5.74, 6) is 0. The van der Waals surface area contributed by atoms with Gasteiger partial charge in [0, 0.05) is 29.6 Å². The lowest BCUT2D eigenvalue weighted by molar-refractivity contribution is 0.231. The molecule has 0 radical (unpaired) electrons. The van der Waals surface area contributed by atoms with Gasteiger partial charge < -0.3 is 5.32 Å². The molecule has 1 N–H and O–H groups in total. The fourth-order valence-corrected chi connectivity index (χ4v) is 3.37. The highest BCUT2D eigenvalue weighted by Gasteiger charge is 2.31. The first-order valence-corrected chi connectivity index (χ1v) is 8.24. The second kappa shape index (κ2) is 5.94. The molecule has 0 bridgehead atoms. The number of nitrogens with one attached hydrogen (secondary N) is 1. The number of rotatable bonds is 5. The second-order valence-electron chi connectivity index (χ2n) is 6.04. The minimum Gasteiger partial charge on any atom is -0.313 e. The summed E-state index contributed by atoms with van der Waals surface area (Å²) in [6, 6.07) is 8.33. The van der Waals surface area contributed by atoms with Crippen molar-refractivity contribution in [2.24, 2.45) is 0 Å². The molecule has 1 aromatic rings. The maximum atomic E-state index is 3.65. The molecular weight excluding hydrogens is 300 g/mol. The average molecular weight is 323 g/mol. The van der Waals surface area contributed by atoms with E-state index >= 15 is 0 Å². The Bertz CT molecular complexity index is 436. The summed E-state index contributed by atoms with van der Waals surface area (Å²) >= 11 is 3.65. The van der Waals surface area contributed by atoms with Gasteiger partial charge in [-0.25, -0.2) is 0 Å². The van der Waals surface area contributed by atoms with E-state index in [0.29, 0.717) is 0 Å². The molecule has 1 aromatic carbocycles. The van der Waals surface area contributed by atoms with E-state index in [1.54, 1.807) is 0 Å². The fraction of sp³-hybridized carbons (Fsp3) is 0.625. The SMILES string of the molecule is Cc1ccc(CN(CC2CCCN2)C2CC2)cc1Br. The predicted molar refractivity (Wildman–Crippen MR) is 83.3 cm³/mol. The van der Waals surface area contributed by atoms with Crippen LogP contribution in [0.1, 0.15) is 36.8 Å². The lowest BCUT2D eigenvalue weighted by Gasteiger charge is -2.25. The van der Waals surface area contributed by atoms with Crippen LogP contribution in [-0.4, -0.2) is 30.1 Å². The molecule has 0 aromatic heterocycles. The molecule has 1 aliphatic carbocycles. The molecule has 3 heteroatoms. The van der Waals surface area contributed by atoms with Crippen LogP contribution in [0.3, 0.4) is 0 Å². The summed E-state index contributed by atoms with van der Waals surface area (Å²) < 4.78 is 1.24. The van der Waals surface area contributed by atoms with Crippen LogP contribution in [-0.2, 0) is 6.54 Å². The van der Waals surface area contributed by atoms with E-state index in [9.17, 15) is 0 Å². The van der Waals surface area contributed by atoms with Crippen LogP contribution >= 0.6 is 15.9 Å². The van der Waals surface area contributed by atoms with Gasteiger partial charge in [0.2, 0.25) is 0 Å².